The van der Waals surface area contributed by atoms with Crippen LogP contribution in [-0.2, 0) is 9.59 Å². The molecule has 1 aromatic rings. The quantitative estimate of drug-likeness (QED) is 0.813. The van der Waals surface area contributed by atoms with Crippen molar-refractivity contribution in [1.82, 2.24) is 15.1 Å². The highest BCUT2D eigenvalue weighted by molar-refractivity contribution is 6.00. The molecule has 2 amide bonds. The van der Waals surface area contributed by atoms with Crippen molar-refractivity contribution < 1.29 is 14.3 Å². The molecule has 7 nitrogen and oxygen atoms in total. The zero-order valence-electron chi connectivity index (χ0n) is 15.2. The molecule has 2 unspecified atom stereocenters. The van der Waals surface area contributed by atoms with Crippen LogP contribution in [-0.4, -0.2) is 80.6 Å². The lowest BCUT2D eigenvalue weighted by Crippen LogP contribution is -2.63. The second-order valence-electron chi connectivity index (χ2n) is 7.34. The van der Waals surface area contributed by atoms with Gasteiger partial charge in [0.05, 0.1) is 13.0 Å². The summed E-state index contributed by atoms with van der Waals surface area (Å²) >= 11 is 0. The molecule has 1 N–H and O–H groups in total. The van der Waals surface area contributed by atoms with E-state index in [1.165, 1.54) is 0 Å². The third-order valence-corrected chi connectivity index (χ3v) is 5.78. The van der Waals surface area contributed by atoms with E-state index in [0.717, 1.165) is 44.2 Å². The maximum atomic E-state index is 12.6. The molecule has 0 saturated carbocycles. The number of nitrogens with one attached hydrogen (secondary N) is 1. The Labute approximate surface area is 153 Å². The Kier molecular flexibility index (Phi) is 4.82. The molecule has 4 heterocycles. The molecule has 7 heteroatoms. The molecule has 2 atom stereocenters. The molecule has 0 aromatic heterocycles. The molecule has 5 rings (SSSR count). The van der Waals surface area contributed by atoms with E-state index < -0.39 is 0 Å². The summed E-state index contributed by atoms with van der Waals surface area (Å²) in [6.45, 7) is 6.60. The minimum atomic E-state index is -0.277. The van der Waals surface area contributed by atoms with Crippen LogP contribution < -0.4 is 15.0 Å². The van der Waals surface area contributed by atoms with Gasteiger partial charge in [-0.05, 0) is 24.3 Å². The number of anilines is 1. The third-order valence-electron chi connectivity index (χ3n) is 5.78. The molecule has 4 aliphatic rings. The van der Waals surface area contributed by atoms with Crippen LogP contribution in [0, 0.1) is 5.92 Å². The number of benzene rings is 1. The van der Waals surface area contributed by atoms with Gasteiger partial charge in [-0.1, -0.05) is 0 Å². The molecule has 26 heavy (non-hydrogen) atoms. The second-order valence-corrected chi connectivity index (χ2v) is 7.34. The van der Waals surface area contributed by atoms with Crippen molar-refractivity contribution in [3.05, 3.63) is 24.3 Å². The fourth-order valence-corrected chi connectivity index (χ4v) is 4.18. The predicted octanol–water partition coefficient (Wildman–Crippen LogP) is 0.164. The molecule has 4 fully saturated rings. The van der Waals surface area contributed by atoms with Gasteiger partial charge in [0, 0.05) is 64.0 Å². The van der Waals surface area contributed by atoms with E-state index in [1.807, 2.05) is 24.3 Å². The number of carbonyl (C=O) groups excluding carboxylic acids is 2. The van der Waals surface area contributed by atoms with Crippen LogP contribution in [0.25, 0.3) is 0 Å². The van der Waals surface area contributed by atoms with Gasteiger partial charge in [0.15, 0.2) is 0 Å². The van der Waals surface area contributed by atoms with Crippen molar-refractivity contribution in [3.63, 3.8) is 0 Å². The van der Waals surface area contributed by atoms with Crippen LogP contribution in [0.2, 0.25) is 0 Å². The molecule has 4 aliphatic heterocycles. The normalized spacial score (nSPS) is 30.5. The number of fused-ring (bicyclic) bond motifs is 3. The van der Waals surface area contributed by atoms with Gasteiger partial charge in [-0.2, -0.15) is 0 Å². The van der Waals surface area contributed by atoms with Gasteiger partial charge in [0.2, 0.25) is 11.8 Å². The first-order chi connectivity index (χ1) is 12.6. The standard InChI is InChI=1S/C19H26N4O3/c1-26-17-4-2-15(3-5-17)23-12-14(10-18(23)24)19(25)20-11-16-13-21-6-8-22(16)9-7-21/h2-5,14,16H,6-13H2,1H3,(H,20,25). The van der Waals surface area contributed by atoms with Crippen molar-refractivity contribution >= 4 is 17.5 Å². The summed E-state index contributed by atoms with van der Waals surface area (Å²) in [4.78, 5) is 31.5. The zero-order valence-corrected chi connectivity index (χ0v) is 15.2. The summed E-state index contributed by atoms with van der Waals surface area (Å²) in [5.74, 6) is 0.469. The Hall–Kier alpha value is -2.12. The molecule has 1 aromatic carbocycles. The largest absolute Gasteiger partial charge is 0.497 e. The molecule has 0 spiro atoms. The van der Waals surface area contributed by atoms with Crippen LogP contribution in [0.5, 0.6) is 5.75 Å². The predicted molar refractivity (Wildman–Crippen MR) is 98.3 cm³/mol. The number of rotatable bonds is 5. The molecular weight excluding hydrogens is 332 g/mol. The van der Waals surface area contributed by atoms with Gasteiger partial charge >= 0.3 is 0 Å². The van der Waals surface area contributed by atoms with Crippen LogP contribution in [0.4, 0.5) is 5.69 Å². The summed E-state index contributed by atoms with van der Waals surface area (Å²) in [5, 5.41) is 3.08. The Bertz CT molecular complexity index is 670. The molecule has 2 bridgehead atoms. The number of nitrogens with zero attached hydrogens (tertiary/aromatic N) is 3. The van der Waals surface area contributed by atoms with Gasteiger partial charge in [0.1, 0.15) is 5.75 Å². The highest BCUT2D eigenvalue weighted by atomic mass is 16.5. The van der Waals surface area contributed by atoms with Gasteiger partial charge in [-0.25, -0.2) is 0 Å². The Morgan fingerprint density at radius 3 is 2.50 bits per heavy atom. The Morgan fingerprint density at radius 1 is 1.15 bits per heavy atom. The van der Waals surface area contributed by atoms with Crippen LogP contribution >= 0.6 is 0 Å². The number of piperazine rings is 3. The maximum Gasteiger partial charge on any atom is 0.227 e. The van der Waals surface area contributed by atoms with E-state index in [9.17, 15) is 9.59 Å². The monoisotopic (exact) mass is 358 g/mol. The van der Waals surface area contributed by atoms with Gasteiger partial charge in [-0.15, -0.1) is 0 Å². The van der Waals surface area contributed by atoms with E-state index in [-0.39, 0.29) is 24.2 Å². The summed E-state index contributed by atoms with van der Waals surface area (Å²) in [5.41, 5.74) is 0.814. The number of ether oxygens (including phenoxy) is 1. The van der Waals surface area contributed by atoms with Crippen molar-refractivity contribution in [3.8, 4) is 5.75 Å². The van der Waals surface area contributed by atoms with Crippen molar-refractivity contribution in [2.45, 2.75) is 12.5 Å². The minimum Gasteiger partial charge on any atom is -0.497 e. The zero-order chi connectivity index (χ0) is 18.1. The number of amides is 2. The second kappa shape index (κ2) is 7.25. The highest BCUT2D eigenvalue weighted by Gasteiger charge is 2.36. The molecule has 140 valence electrons. The fraction of sp³-hybridized carbons (Fsp3) is 0.579. The first-order valence-electron chi connectivity index (χ1n) is 9.32. The van der Waals surface area contributed by atoms with E-state index >= 15 is 0 Å². The third kappa shape index (κ3) is 3.41. The highest BCUT2D eigenvalue weighted by Crippen LogP contribution is 2.27. The smallest absolute Gasteiger partial charge is 0.227 e. The average molecular weight is 358 g/mol. The summed E-state index contributed by atoms with van der Waals surface area (Å²) in [7, 11) is 1.61. The maximum absolute atomic E-state index is 12.6. The molecule has 0 radical (unpaired) electrons. The Balaban J connectivity index is 1.32. The van der Waals surface area contributed by atoms with Crippen LogP contribution in [0.3, 0.4) is 0 Å². The first kappa shape index (κ1) is 17.3. The SMILES string of the molecule is COc1ccc(N2CC(C(=O)NCC3CN4CCN3CC4)CC2=O)cc1. The molecule has 0 aliphatic carbocycles. The number of hydrogen-bond acceptors (Lipinski definition) is 5. The minimum absolute atomic E-state index is 0.00176. The topological polar surface area (TPSA) is 65.1 Å². The van der Waals surface area contributed by atoms with E-state index in [1.54, 1.807) is 12.0 Å². The van der Waals surface area contributed by atoms with E-state index in [2.05, 4.69) is 15.1 Å². The summed E-state index contributed by atoms with van der Waals surface area (Å²) in [6, 6.07) is 7.78. The van der Waals surface area contributed by atoms with Crippen molar-refractivity contribution in [2.75, 3.05) is 57.8 Å². The summed E-state index contributed by atoms with van der Waals surface area (Å²) < 4.78 is 5.15. The van der Waals surface area contributed by atoms with E-state index in [4.69, 9.17) is 4.74 Å². The van der Waals surface area contributed by atoms with Crippen LogP contribution in [0.1, 0.15) is 6.42 Å². The van der Waals surface area contributed by atoms with Gasteiger partial charge in [0.25, 0.3) is 0 Å². The Morgan fingerprint density at radius 2 is 1.88 bits per heavy atom. The lowest BCUT2D eigenvalue weighted by molar-refractivity contribution is -0.126. The van der Waals surface area contributed by atoms with Gasteiger partial charge < -0.3 is 15.0 Å². The lowest BCUT2D eigenvalue weighted by atomic mass is 10.1. The lowest BCUT2D eigenvalue weighted by Gasteiger charge is -2.47. The molecular formula is C19H26N4O3. The first-order valence-corrected chi connectivity index (χ1v) is 9.32. The van der Waals surface area contributed by atoms with Crippen molar-refractivity contribution in [2.24, 2.45) is 5.92 Å². The van der Waals surface area contributed by atoms with Crippen molar-refractivity contribution in [1.29, 1.82) is 0 Å². The average Bonchev–Trinajstić information content (AvgIpc) is 3.09. The van der Waals surface area contributed by atoms with Gasteiger partial charge in [-0.3, -0.25) is 19.4 Å². The molecule has 4 saturated heterocycles. The fourth-order valence-electron chi connectivity index (χ4n) is 4.18. The van der Waals surface area contributed by atoms with E-state index in [0.29, 0.717) is 19.1 Å². The summed E-state index contributed by atoms with van der Waals surface area (Å²) in [6.07, 6.45) is 0.276. The number of methoxy groups -OCH3 is 1. The number of hydrogen-bond donors (Lipinski definition) is 1. The number of carbonyl (C=O) groups is 2. The van der Waals surface area contributed by atoms with Crippen LogP contribution in [0.15, 0.2) is 24.3 Å².